The Balaban J connectivity index is 1.46. The smallest absolute Gasteiger partial charge is 0.253 e. The zero-order chi connectivity index (χ0) is 18.7. The monoisotopic (exact) mass is 392 g/mol. The highest BCUT2D eigenvalue weighted by atomic mass is 35.5. The topological polar surface area (TPSA) is 66.9 Å². The molecule has 1 fully saturated rings. The molecule has 2 N–H and O–H groups in total. The van der Waals surface area contributed by atoms with Gasteiger partial charge in [0.25, 0.3) is 5.91 Å². The number of hydrogen-bond donors (Lipinski definition) is 2. The standard InChI is InChI=1S/C19H25ClN4OS/c1-11-13(3)26-19(23-11)22-9-14-4-6-16(7-5-14)24-18(25)17-8-15(20)10-21-12(17)2/h8,10,14,16H,4-7,9H2,1-3H3,(H,22,23)(H,24,25)/t14-,16-. The first-order chi connectivity index (χ1) is 12.4. The average molecular weight is 393 g/mol. The van der Waals surface area contributed by atoms with Crippen molar-refractivity contribution in [2.24, 2.45) is 5.92 Å². The first kappa shape index (κ1) is 19.1. The second-order valence-corrected chi connectivity index (χ2v) is 8.66. The minimum absolute atomic E-state index is 0.0761. The Hall–Kier alpha value is -1.66. The minimum Gasteiger partial charge on any atom is -0.361 e. The van der Waals surface area contributed by atoms with Gasteiger partial charge in [0.2, 0.25) is 0 Å². The third-order valence-corrected chi connectivity index (χ3v) is 6.29. The van der Waals surface area contributed by atoms with Gasteiger partial charge in [-0.25, -0.2) is 4.98 Å². The summed E-state index contributed by atoms with van der Waals surface area (Å²) in [6, 6.07) is 1.91. The highest BCUT2D eigenvalue weighted by Crippen LogP contribution is 2.27. The molecule has 0 bridgehead atoms. The Morgan fingerprint density at radius 3 is 2.62 bits per heavy atom. The number of carbonyl (C=O) groups is 1. The summed E-state index contributed by atoms with van der Waals surface area (Å²) in [6.07, 6.45) is 5.78. The Bertz CT molecular complexity index is 764. The summed E-state index contributed by atoms with van der Waals surface area (Å²) in [6.45, 7) is 6.92. The highest BCUT2D eigenvalue weighted by molar-refractivity contribution is 7.15. The number of hydrogen-bond acceptors (Lipinski definition) is 5. The first-order valence-corrected chi connectivity index (χ1v) is 10.2. The molecule has 0 spiro atoms. The molecule has 0 aromatic carbocycles. The third-order valence-electron chi connectivity index (χ3n) is 5.05. The Kier molecular flexibility index (Phi) is 6.14. The van der Waals surface area contributed by atoms with Crippen LogP contribution in [-0.4, -0.2) is 28.5 Å². The Morgan fingerprint density at radius 1 is 1.23 bits per heavy atom. The van der Waals surface area contributed by atoms with E-state index in [1.807, 2.05) is 13.8 Å². The number of carbonyl (C=O) groups excluding carboxylic acids is 1. The van der Waals surface area contributed by atoms with Gasteiger partial charge in [-0.2, -0.15) is 0 Å². The predicted octanol–water partition coefficient (Wildman–Crippen LogP) is 4.52. The van der Waals surface area contributed by atoms with Crippen LogP contribution in [0.4, 0.5) is 5.13 Å². The van der Waals surface area contributed by atoms with Crippen molar-refractivity contribution < 1.29 is 4.79 Å². The molecule has 1 saturated carbocycles. The lowest BCUT2D eigenvalue weighted by molar-refractivity contribution is 0.0921. The number of nitrogens with one attached hydrogen (secondary N) is 2. The second kappa shape index (κ2) is 8.35. The van der Waals surface area contributed by atoms with Crippen LogP contribution in [0.25, 0.3) is 0 Å². The largest absolute Gasteiger partial charge is 0.361 e. The Morgan fingerprint density at radius 2 is 1.96 bits per heavy atom. The van der Waals surface area contributed by atoms with Gasteiger partial charge in [-0.15, -0.1) is 11.3 Å². The molecule has 0 atom stereocenters. The first-order valence-electron chi connectivity index (χ1n) is 9.03. The molecule has 0 aliphatic heterocycles. The fourth-order valence-electron chi connectivity index (χ4n) is 3.29. The number of amides is 1. The van der Waals surface area contributed by atoms with E-state index in [0.29, 0.717) is 22.2 Å². The van der Waals surface area contributed by atoms with Crippen LogP contribution in [0, 0.1) is 26.7 Å². The lowest BCUT2D eigenvalue weighted by Gasteiger charge is -2.29. The SMILES string of the molecule is Cc1ncc(Cl)cc1C(=O)N[C@H]1CC[C@H](CNc2nc(C)c(C)s2)CC1. The van der Waals surface area contributed by atoms with Crippen molar-refractivity contribution in [3.05, 3.63) is 39.1 Å². The molecule has 0 saturated heterocycles. The summed E-state index contributed by atoms with van der Waals surface area (Å²) >= 11 is 7.68. The van der Waals surface area contributed by atoms with Gasteiger partial charge in [-0.05, 0) is 58.4 Å². The van der Waals surface area contributed by atoms with E-state index in [2.05, 4.69) is 27.5 Å². The molecule has 1 aliphatic carbocycles. The van der Waals surface area contributed by atoms with Crippen LogP contribution < -0.4 is 10.6 Å². The van der Waals surface area contributed by atoms with Crippen molar-refractivity contribution in [3.8, 4) is 0 Å². The number of thiazole rings is 1. The molecular formula is C19H25ClN4OS. The van der Waals surface area contributed by atoms with Crippen LogP contribution >= 0.6 is 22.9 Å². The lowest BCUT2D eigenvalue weighted by Crippen LogP contribution is -2.38. The van der Waals surface area contributed by atoms with Crippen molar-refractivity contribution in [1.82, 2.24) is 15.3 Å². The van der Waals surface area contributed by atoms with Gasteiger partial charge in [0.15, 0.2) is 5.13 Å². The van der Waals surface area contributed by atoms with Crippen molar-refractivity contribution in [2.75, 3.05) is 11.9 Å². The number of aromatic nitrogens is 2. The average Bonchev–Trinajstić information content (AvgIpc) is 2.94. The molecule has 3 rings (SSSR count). The zero-order valence-corrected chi connectivity index (χ0v) is 17.0. The van der Waals surface area contributed by atoms with E-state index in [4.69, 9.17) is 11.6 Å². The van der Waals surface area contributed by atoms with E-state index < -0.39 is 0 Å². The molecule has 2 aromatic heterocycles. The van der Waals surface area contributed by atoms with Gasteiger partial charge in [-0.3, -0.25) is 9.78 Å². The number of halogens is 1. The van der Waals surface area contributed by atoms with Gasteiger partial charge < -0.3 is 10.6 Å². The van der Waals surface area contributed by atoms with Gasteiger partial charge >= 0.3 is 0 Å². The van der Waals surface area contributed by atoms with Gasteiger partial charge in [0.1, 0.15) is 0 Å². The maximum absolute atomic E-state index is 12.5. The summed E-state index contributed by atoms with van der Waals surface area (Å²) in [5.74, 6) is 0.551. The van der Waals surface area contributed by atoms with Crippen LogP contribution in [0.15, 0.2) is 12.3 Å². The predicted molar refractivity (Wildman–Crippen MR) is 107 cm³/mol. The number of nitrogens with zero attached hydrogens (tertiary/aromatic N) is 2. The fraction of sp³-hybridized carbons (Fsp3) is 0.526. The zero-order valence-electron chi connectivity index (χ0n) is 15.4. The van der Waals surface area contributed by atoms with Gasteiger partial charge in [0, 0.05) is 23.7 Å². The number of aryl methyl sites for hydroxylation is 3. The van der Waals surface area contributed by atoms with Crippen molar-refractivity contribution in [1.29, 1.82) is 0 Å². The molecule has 0 radical (unpaired) electrons. The number of pyridine rings is 1. The third kappa shape index (κ3) is 4.74. The van der Waals surface area contributed by atoms with E-state index >= 15 is 0 Å². The van der Waals surface area contributed by atoms with Crippen LogP contribution in [0.2, 0.25) is 5.02 Å². The molecule has 1 aliphatic rings. The van der Waals surface area contributed by atoms with Crippen molar-refractivity contribution in [3.63, 3.8) is 0 Å². The molecule has 2 heterocycles. The quantitative estimate of drug-likeness (QED) is 0.785. The van der Waals surface area contributed by atoms with E-state index in [1.165, 1.54) is 4.88 Å². The van der Waals surface area contributed by atoms with Gasteiger partial charge in [-0.1, -0.05) is 11.6 Å². The molecule has 140 valence electrons. The van der Waals surface area contributed by atoms with E-state index in [9.17, 15) is 4.79 Å². The van der Waals surface area contributed by atoms with Gasteiger partial charge in [0.05, 0.1) is 22.0 Å². The lowest BCUT2D eigenvalue weighted by atomic mass is 9.86. The molecule has 26 heavy (non-hydrogen) atoms. The molecule has 2 aromatic rings. The molecule has 1 amide bonds. The maximum Gasteiger partial charge on any atom is 0.253 e. The minimum atomic E-state index is -0.0761. The summed E-state index contributed by atoms with van der Waals surface area (Å²) < 4.78 is 0. The number of rotatable bonds is 5. The maximum atomic E-state index is 12.5. The van der Waals surface area contributed by atoms with Crippen LogP contribution in [0.1, 0.15) is 52.3 Å². The van der Waals surface area contributed by atoms with E-state index in [0.717, 1.165) is 43.1 Å². The molecular weight excluding hydrogens is 368 g/mol. The Labute approximate surface area is 163 Å². The summed E-state index contributed by atoms with van der Waals surface area (Å²) in [5.41, 5.74) is 2.38. The highest BCUT2D eigenvalue weighted by Gasteiger charge is 2.23. The molecule has 5 nitrogen and oxygen atoms in total. The summed E-state index contributed by atoms with van der Waals surface area (Å²) in [5, 5.41) is 8.11. The molecule has 7 heteroatoms. The van der Waals surface area contributed by atoms with Crippen molar-refractivity contribution >= 4 is 34.0 Å². The van der Waals surface area contributed by atoms with Crippen molar-refractivity contribution in [2.45, 2.75) is 52.5 Å². The fourth-order valence-corrected chi connectivity index (χ4v) is 4.27. The van der Waals surface area contributed by atoms with E-state index in [-0.39, 0.29) is 11.9 Å². The van der Waals surface area contributed by atoms with Crippen LogP contribution in [-0.2, 0) is 0 Å². The number of anilines is 1. The normalized spacial score (nSPS) is 20.0. The van der Waals surface area contributed by atoms with E-state index in [1.54, 1.807) is 23.6 Å². The van der Waals surface area contributed by atoms with Crippen LogP contribution in [0.5, 0.6) is 0 Å². The molecule has 0 unspecified atom stereocenters. The van der Waals surface area contributed by atoms with Crippen LogP contribution in [0.3, 0.4) is 0 Å². The summed E-state index contributed by atoms with van der Waals surface area (Å²) in [7, 11) is 0. The second-order valence-electron chi connectivity index (χ2n) is 7.02. The summed E-state index contributed by atoms with van der Waals surface area (Å²) in [4.78, 5) is 22.4.